The van der Waals surface area contributed by atoms with Gasteiger partial charge in [0.1, 0.15) is 0 Å². The molecule has 0 spiro atoms. The van der Waals surface area contributed by atoms with Crippen LogP contribution in [0.1, 0.15) is 31.2 Å². The first-order chi connectivity index (χ1) is 8.34. The minimum atomic E-state index is 0.643. The number of hydrogen-bond donors (Lipinski definition) is 2. The van der Waals surface area contributed by atoms with Crippen LogP contribution in [-0.4, -0.2) is 23.1 Å². The minimum absolute atomic E-state index is 0.643. The molecule has 17 heavy (non-hydrogen) atoms. The number of H-pyrrole nitrogens is 1. The molecule has 0 bridgehead atoms. The summed E-state index contributed by atoms with van der Waals surface area (Å²) in [5.74, 6) is 1.46. The van der Waals surface area contributed by atoms with E-state index in [1.807, 2.05) is 0 Å². The third-order valence-corrected chi connectivity index (χ3v) is 4.06. The van der Waals surface area contributed by atoms with Gasteiger partial charge in [0.15, 0.2) is 0 Å². The van der Waals surface area contributed by atoms with Crippen molar-refractivity contribution in [3.05, 3.63) is 30.1 Å². The zero-order chi connectivity index (χ0) is 11.7. The van der Waals surface area contributed by atoms with Crippen molar-refractivity contribution in [3.63, 3.8) is 0 Å². The van der Waals surface area contributed by atoms with Gasteiger partial charge >= 0.3 is 0 Å². The molecule has 0 saturated carbocycles. The van der Waals surface area contributed by atoms with E-state index < -0.39 is 0 Å². The zero-order valence-electron chi connectivity index (χ0n) is 10.2. The monoisotopic (exact) mass is 229 g/mol. The van der Waals surface area contributed by atoms with Crippen LogP contribution >= 0.6 is 0 Å². The van der Waals surface area contributed by atoms with Gasteiger partial charge in [0.25, 0.3) is 0 Å². The molecule has 0 aliphatic carbocycles. The Hall–Kier alpha value is -1.35. The first kappa shape index (κ1) is 10.8. The smallest absolute Gasteiger partial charge is 0.0931 e. The number of rotatable bonds is 2. The number of nitrogens with zero attached hydrogens (tertiary/aromatic N) is 1. The molecule has 1 saturated heterocycles. The molecule has 1 aliphatic heterocycles. The molecule has 0 amide bonds. The predicted octanol–water partition coefficient (Wildman–Crippen LogP) is 2.67. The SMILES string of the molecule is CC(c1ccc2nc[nH]c2c1)C1CCNCC1. The summed E-state index contributed by atoms with van der Waals surface area (Å²) < 4.78 is 0. The third-order valence-electron chi connectivity index (χ3n) is 4.06. The number of aromatic amines is 1. The van der Waals surface area contributed by atoms with Crippen LogP contribution in [0.3, 0.4) is 0 Å². The largest absolute Gasteiger partial charge is 0.345 e. The lowest BCUT2D eigenvalue weighted by Gasteiger charge is -2.28. The lowest BCUT2D eigenvalue weighted by atomic mass is 9.82. The second-order valence-electron chi connectivity index (χ2n) is 5.06. The molecular weight excluding hydrogens is 210 g/mol. The summed E-state index contributed by atoms with van der Waals surface area (Å²) in [5, 5.41) is 3.43. The van der Waals surface area contributed by atoms with Gasteiger partial charge in [0.2, 0.25) is 0 Å². The highest BCUT2D eigenvalue weighted by atomic mass is 14.9. The van der Waals surface area contributed by atoms with Gasteiger partial charge < -0.3 is 10.3 Å². The van der Waals surface area contributed by atoms with Crippen LogP contribution in [0, 0.1) is 5.92 Å². The van der Waals surface area contributed by atoms with E-state index in [4.69, 9.17) is 0 Å². The molecule has 90 valence electrons. The summed E-state index contributed by atoms with van der Waals surface area (Å²) in [7, 11) is 0. The third kappa shape index (κ3) is 2.07. The molecule has 3 rings (SSSR count). The Labute approximate surface area is 102 Å². The van der Waals surface area contributed by atoms with Gasteiger partial charge in [0.05, 0.1) is 17.4 Å². The van der Waals surface area contributed by atoms with E-state index >= 15 is 0 Å². The molecule has 1 aliphatic rings. The van der Waals surface area contributed by atoms with E-state index in [-0.39, 0.29) is 0 Å². The van der Waals surface area contributed by atoms with Crippen molar-refractivity contribution in [2.75, 3.05) is 13.1 Å². The second kappa shape index (κ2) is 4.49. The van der Waals surface area contributed by atoms with Crippen molar-refractivity contribution in [2.45, 2.75) is 25.7 Å². The van der Waals surface area contributed by atoms with E-state index in [9.17, 15) is 0 Å². The van der Waals surface area contributed by atoms with Crippen LogP contribution < -0.4 is 5.32 Å². The highest BCUT2D eigenvalue weighted by molar-refractivity contribution is 5.75. The van der Waals surface area contributed by atoms with Crippen LogP contribution in [-0.2, 0) is 0 Å². The van der Waals surface area contributed by atoms with Gasteiger partial charge in [0, 0.05) is 0 Å². The van der Waals surface area contributed by atoms with E-state index in [1.54, 1.807) is 6.33 Å². The van der Waals surface area contributed by atoms with Crippen LogP contribution in [0.15, 0.2) is 24.5 Å². The number of imidazole rings is 1. The molecule has 1 aromatic heterocycles. The van der Waals surface area contributed by atoms with E-state index in [0.29, 0.717) is 5.92 Å². The number of hydrogen-bond acceptors (Lipinski definition) is 2. The minimum Gasteiger partial charge on any atom is -0.345 e. The molecule has 2 N–H and O–H groups in total. The van der Waals surface area contributed by atoms with Crippen LogP contribution in [0.2, 0.25) is 0 Å². The van der Waals surface area contributed by atoms with Crippen molar-refractivity contribution in [2.24, 2.45) is 5.92 Å². The van der Waals surface area contributed by atoms with E-state index in [2.05, 4.69) is 40.4 Å². The molecule has 3 nitrogen and oxygen atoms in total. The average Bonchev–Trinajstić information content (AvgIpc) is 2.86. The fourth-order valence-electron chi connectivity index (χ4n) is 2.85. The number of nitrogens with one attached hydrogen (secondary N) is 2. The Morgan fingerprint density at radius 2 is 2.12 bits per heavy atom. The van der Waals surface area contributed by atoms with Crippen LogP contribution in [0.5, 0.6) is 0 Å². The molecule has 1 unspecified atom stereocenters. The maximum atomic E-state index is 4.27. The Morgan fingerprint density at radius 1 is 1.29 bits per heavy atom. The summed E-state index contributed by atoms with van der Waals surface area (Å²) in [6.45, 7) is 4.69. The second-order valence-corrected chi connectivity index (χ2v) is 5.06. The first-order valence-corrected chi connectivity index (χ1v) is 6.48. The van der Waals surface area contributed by atoms with Crippen molar-refractivity contribution < 1.29 is 0 Å². The maximum Gasteiger partial charge on any atom is 0.0931 e. The van der Waals surface area contributed by atoms with Crippen molar-refractivity contribution in [1.82, 2.24) is 15.3 Å². The predicted molar refractivity (Wildman–Crippen MR) is 70.1 cm³/mol. The summed E-state index contributed by atoms with van der Waals surface area (Å²) in [6, 6.07) is 6.61. The number of benzene rings is 1. The Kier molecular flexibility index (Phi) is 2.85. The molecule has 3 heteroatoms. The molecule has 1 atom stereocenters. The van der Waals surface area contributed by atoms with E-state index in [1.165, 1.54) is 31.5 Å². The summed E-state index contributed by atoms with van der Waals surface area (Å²) in [6.07, 6.45) is 4.36. The van der Waals surface area contributed by atoms with Gasteiger partial charge in [-0.1, -0.05) is 13.0 Å². The van der Waals surface area contributed by atoms with Crippen LogP contribution in [0.4, 0.5) is 0 Å². The molecular formula is C14H19N3. The number of aromatic nitrogens is 2. The standard InChI is InChI=1S/C14H19N3/c1-10(11-4-6-15-7-5-11)12-2-3-13-14(8-12)17-9-16-13/h2-3,8-11,15H,4-7H2,1H3,(H,16,17). The molecule has 2 heterocycles. The van der Waals surface area contributed by atoms with Crippen molar-refractivity contribution >= 4 is 11.0 Å². The molecule has 1 fully saturated rings. The number of piperidine rings is 1. The highest BCUT2D eigenvalue weighted by Crippen LogP contribution is 2.31. The molecule has 1 aromatic carbocycles. The normalized spacial score (nSPS) is 19.6. The first-order valence-electron chi connectivity index (χ1n) is 6.48. The quantitative estimate of drug-likeness (QED) is 0.831. The fourth-order valence-corrected chi connectivity index (χ4v) is 2.85. The molecule has 0 radical (unpaired) electrons. The maximum absolute atomic E-state index is 4.27. The lowest BCUT2D eigenvalue weighted by molar-refractivity contribution is 0.330. The topological polar surface area (TPSA) is 40.7 Å². The van der Waals surface area contributed by atoms with Gasteiger partial charge in [-0.25, -0.2) is 4.98 Å². The Bertz CT molecular complexity index is 497. The average molecular weight is 229 g/mol. The van der Waals surface area contributed by atoms with Gasteiger partial charge in [-0.2, -0.15) is 0 Å². The summed E-state index contributed by atoms with van der Waals surface area (Å²) >= 11 is 0. The lowest BCUT2D eigenvalue weighted by Crippen LogP contribution is -2.30. The Morgan fingerprint density at radius 3 is 2.94 bits per heavy atom. The zero-order valence-corrected chi connectivity index (χ0v) is 10.2. The van der Waals surface area contributed by atoms with Gasteiger partial charge in [-0.05, 0) is 55.5 Å². The highest BCUT2D eigenvalue weighted by Gasteiger charge is 2.21. The summed E-state index contributed by atoms with van der Waals surface area (Å²) in [5.41, 5.74) is 3.66. The summed E-state index contributed by atoms with van der Waals surface area (Å²) in [4.78, 5) is 7.46. The van der Waals surface area contributed by atoms with Crippen molar-refractivity contribution in [3.8, 4) is 0 Å². The number of fused-ring (bicyclic) bond motifs is 1. The van der Waals surface area contributed by atoms with Gasteiger partial charge in [-0.15, -0.1) is 0 Å². The van der Waals surface area contributed by atoms with Crippen LogP contribution in [0.25, 0.3) is 11.0 Å². The van der Waals surface area contributed by atoms with Crippen molar-refractivity contribution in [1.29, 1.82) is 0 Å². The Balaban J connectivity index is 1.86. The van der Waals surface area contributed by atoms with E-state index in [0.717, 1.165) is 17.0 Å². The molecule has 2 aromatic rings. The van der Waals surface area contributed by atoms with Gasteiger partial charge in [-0.3, -0.25) is 0 Å². The fraction of sp³-hybridized carbons (Fsp3) is 0.500.